The third-order valence-electron chi connectivity index (χ3n) is 5.02. The molecule has 6 nitrogen and oxygen atoms in total. The fraction of sp³-hybridized carbons (Fsp3) is 0.571. The van der Waals surface area contributed by atoms with Crippen molar-refractivity contribution in [3.8, 4) is 0 Å². The van der Waals surface area contributed by atoms with E-state index in [0.29, 0.717) is 0 Å². The van der Waals surface area contributed by atoms with Crippen molar-refractivity contribution in [2.45, 2.75) is 52.0 Å². The molecule has 1 aliphatic heterocycles. The molecule has 1 fully saturated rings. The summed E-state index contributed by atoms with van der Waals surface area (Å²) < 4.78 is 27.6. The average molecular weight is 409 g/mol. The summed E-state index contributed by atoms with van der Waals surface area (Å²) in [5.74, 6) is -3.79. The van der Waals surface area contributed by atoms with E-state index in [-0.39, 0.29) is 24.8 Å². The molecule has 8 heteroatoms. The van der Waals surface area contributed by atoms with Gasteiger partial charge in [0.25, 0.3) is 5.91 Å². The second-order valence-corrected chi connectivity index (χ2v) is 7.63. The maximum absolute atomic E-state index is 13.8. The van der Waals surface area contributed by atoms with Gasteiger partial charge in [0.05, 0.1) is 0 Å². The highest BCUT2D eigenvalue weighted by Crippen LogP contribution is 2.13. The van der Waals surface area contributed by atoms with Crippen molar-refractivity contribution >= 4 is 17.7 Å². The Morgan fingerprint density at radius 3 is 2.17 bits per heavy atom. The van der Waals surface area contributed by atoms with Gasteiger partial charge in [-0.05, 0) is 30.9 Å². The van der Waals surface area contributed by atoms with Crippen molar-refractivity contribution in [1.82, 2.24) is 15.5 Å². The van der Waals surface area contributed by atoms with Crippen LogP contribution in [0, 0.1) is 17.6 Å². The number of rotatable bonds is 7. The number of likely N-dealkylation sites (tertiary alicyclic amines) is 1. The van der Waals surface area contributed by atoms with Gasteiger partial charge in [0, 0.05) is 26.1 Å². The van der Waals surface area contributed by atoms with Gasteiger partial charge in [-0.2, -0.15) is 0 Å². The van der Waals surface area contributed by atoms with Crippen molar-refractivity contribution in [2.75, 3.05) is 19.6 Å². The Hall–Kier alpha value is -2.51. The van der Waals surface area contributed by atoms with Crippen molar-refractivity contribution < 1.29 is 23.2 Å². The van der Waals surface area contributed by atoms with Crippen molar-refractivity contribution in [3.63, 3.8) is 0 Å². The summed E-state index contributed by atoms with van der Waals surface area (Å²) in [6.45, 7) is 5.05. The van der Waals surface area contributed by atoms with Crippen molar-refractivity contribution in [2.24, 2.45) is 5.92 Å². The van der Waals surface area contributed by atoms with Crippen LogP contribution in [0.3, 0.4) is 0 Å². The van der Waals surface area contributed by atoms with Crippen LogP contribution in [-0.4, -0.2) is 48.3 Å². The molecule has 29 heavy (non-hydrogen) atoms. The van der Waals surface area contributed by atoms with Crippen molar-refractivity contribution in [1.29, 1.82) is 0 Å². The molecule has 3 amide bonds. The highest BCUT2D eigenvalue weighted by Gasteiger charge is 2.27. The van der Waals surface area contributed by atoms with Gasteiger partial charge < -0.3 is 15.5 Å². The van der Waals surface area contributed by atoms with Gasteiger partial charge in [0.1, 0.15) is 23.2 Å². The van der Waals surface area contributed by atoms with Crippen LogP contribution in [0.15, 0.2) is 18.2 Å². The van der Waals surface area contributed by atoms with E-state index < -0.39 is 35.1 Å². The minimum absolute atomic E-state index is 0.00856. The molecule has 0 aromatic heterocycles. The molecule has 0 radical (unpaired) electrons. The zero-order valence-corrected chi connectivity index (χ0v) is 17.0. The molecule has 0 spiro atoms. The Labute approximate surface area is 170 Å². The van der Waals surface area contributed by atoms with E-state index in [9.17, 15) is 23.2 Å². The second-order valence-electron chi connectivity index (χ2n) is 7.63. The Morgan fingerprint density at radius 1 is 1.03 bits per heavy atom. The average Bonchev–Trinajstić information content (AvgIpc) is 2.95. The molecular weight excluding hydrogens is 380 g/mol. The van der Waals surface area contributed by atoms with E-state index in [1.165, 1.54) is 0 Å². The number of amides is 3. The molecule has 0 bridgehead atoms. The van der Waals surface area contributed by atoms with E-state index in [0.717, 1.165) is 57.0 Å². The number of hydrogen-bond donors (Lipinski definition) is 2. The van der Waals surface area contributed by atoms with Crippen LogP contribution in [0.1, 0.15) is 56.3 Å². The first-order chi connectivity index (χ1) is 13.8. The third-order valence-corrected chi connectivity index (χ3v) is 5.02. The number of hydrogen-bond acceptors (Lipinski definition) is 3. The molecule has 1 atom stereocenters. The molecule has 2 N–H and O–H groups in total. The molecule has 1 heterocycles. The van der Waals surface area contributed by atoms with Crippen molar-refractivity contribution in [3.05, 3.63) is 35.4 Å². The van der Waals surface area contributed by atoms with Crippen LogP contribution < -0.4 is 10.6 Å². The molecule has 1 unspecified atom stereocenters. The zero-order valence-electron chi connectivity index (χ0n) is 17.0. The number of nitrogens with one attached hydrogen (secondary N) is 2. The first-order valence-corrected chi connectivity index (χ1v) is 10.1. The van der Waals surface area contributed by atoms with Gasteiger partial charge in [0.2, 0.25) is 11.8 Å². The highest BCUT2D eigenvalue weighted by atomic mass is 19.1. The molecule has 1 aliphatic rings. The van der Waals surface area contributed by atoms with E-state index in [2.05, 4.69) is 10.6 Å². The Kier molecular flexibility index (Phi) is 8.54. The molecule has 1 aromatic carbocycles. The van der Waals surface area contributed by atoms with Gasteiger partial charge in [-0.25, -0.2) is 8.78 Å². The summed E-state index contributed by atoms with van der Waals surface area (Å²) >= 11 is 0. The number of nitrogens with zero attached hydrogens (tertiary/aromatic N) is 1. The van der Waals surface area contributed by atoms with Crippen LogP contribution in [0.4, 0.5) is 8.78 Å². The minimum atomic E-state index is -0.992. The largest absolute Gasteiger partial charge is 0.354 e. The number of benzene rings is 1. The smallest absolute Gasteiger partial charge is 0.257 e. The lowest BCUT2D eigenvalue weighted by molar-refractivity contribution is -0.131. The fourth-order valence-electron chi connectivity index (χ4n) is 3.34. The Morgan fingerprint density at radius 2 is 1.62 bits per heavy atom. The molecule has 160 valence electrons. The topological polar surface area (TPSA) is 78.5 Å². The van der Waals surface area contributed by atoms with Gasteiger partial charge in [-0.3, -0.25) is 14.4 Å². The van der Waals surface area contributed by atoms with Gasteiger partial charge in [0.15, 0.2) is 0 Å². The number of carbonyl (C=O) groups excluding carboxylic acids is 3. The van der Waals surface area contributed by atoms with E-state index in [1.54, 1.807) is 13.8 Å². The van der Waals surface area contributed by atoms with Crippen LogP contribution in [-0.2, 0) is 9.59 Å². The van der Waals surface area contributed by atoms with Crippen LogP contribution in [0.25, 0.3) is 0 Å². The third kappa shape index (κ3) is 6.51. The lowest BCUT2D eigenvalue weighted by Crippen LogP contribution is -2.50. The summed E-state index contributed by atoms with van der Waals surface area (Å²) in [5, 5.41) is 5.04. The highest BCUT2D eigenvalue weighted by molar-refractivity contribution is 5.98. The summed E-state index contributed by atoms with van der Waals surface area (Å²) in [4.78, 5) is 38.9. The second kappa shape index (κ2) is 10.9. The summed E-state index contributed by atoms with van der Waals surface area (Å²) in [6, 6.07) is 2.15. The van der Waals surface area contributed by atoms with Crippen LogP contribution in [0.2, 0.25) is 0 Å². The fourth-order valence-corrected chi connectivity index (χ4v) is 3.34. The standard InChI is InChI=1S/C21H29F2N3O3/c1-14(2)19(25-20(28)18-15(22)8-7-9-16(18)23)21(29)24-11-10-17(27)26-12-5-3-4-6-13-26/h7-9,14,19H,3-6,10-13H2,1-2H3,(H,24,29)(H,25,28). The number of carbonyl (C=O) groups is 3. The molecule has 0 aliphatic carbocycles. The first-order valence-electron chi connectivity index (χ1n) is 10.1. The minimum Gasteiger partial charge on any atom is -0.354 e. The van der Waals surface area contributed by atoms with Crippen LogP contribution in [0.5, 0.6) is 0 Å². The van der Waals surface area contributed by atoms with Crippen LogP contribution >= 0.6 is 0 Å². The number of halogens is 2. The lowest BCUT2D eigenvalue weighted by Gasteiger charge is -2.23. The quantitative estimate of drug-likeness (QED) is 0.727. The van der Waals surface area contributed by atoms with E-state index in [1.807, 2.05) is 4.90 Å². The predicted octanol–water partition coefficient (Wildman–Crippen LogP) is 2.63. The Balaban J connectivity index is 1.90. The zero-order chi connectivity index (χ0) is 21.4. The Bertz CT molecular complexity index is 712. The SMILES string of the molecule is CC(C)C(NC(=O)c1c(F)cccc1F)C(=O)NCCC(=O)N1CCCCCC1. The molecule has 1 saturated heterocycles. The maximum Gasteiger partial charge on any atom is 0.257 e. The normalized spacial score (nSPS) is 15.6. The maximum atomic E-state index is 13.8. The monoisotopic (exact) mass is 409 g/mol. The van der Waals surface area contributed by atoms with E-state index >= 15 is 0 Å². The molecule has 0 saturated carbocycles. The summed E-state index contributed by atoms with van der Waals surface area (Å²) in [5.41, 5.74) is -0.720. The summed E-state index contributed by atoms with van der Waals surface area (Å²) in [7, 11) is 0. The first kappa shape index (κ1) is 22.8. The van der Waals surface area contributed by atoms with Gasteiger partial charge in [-0.1, -0.05) is 32.8 Å². The molecule has 1 aromatic rings. The van der Waals surface area contributed by atoms with Gasteiger partial charge in [-0.15, -0.1) is 0 Å². The van der Waals surface area contributed by atoms with E-state index in [4.69, 9.17) is 0 Å². The summed E-state index contributed by atoms with van der Waals surface area (Å²) in [6.07, 6.45) is 4.41. The molecule has 2 rings (SSSR count). The van der Waals surface area contributed by atoms with Gasteiger partial charge >= 0.3 is 0 Å². The predicted molar refractivity (Wildman–Crippen MR) is 105 cm³/mol. The lowest BCUT2D eigenvalue weighted by atomic mass is 10.0. The molecular formula is C21H29F2N3O3.